The minimum atomic E-state index is 0.292. The van der Waals surface area contributed by atoms with Crippen molar-refractivity contribution in [1.29, 1.82) is 0 Å². The fourth-order valence-electron chi connectivity index (χ4n) is 0.557. The average Bonchev–Trinajstić information content (AvgIpc) is 2.17. The van der Waals surface area contributed by atoms with Crippen molar-refractivity contribution in [3.63, 3.8) is 0 Å². The van der Waals surface area contributed by atoms with Gasteiger partial charge in [-0.25, -0.2) is 0 Å². The molecular weight excluding hydrogens is 118 g/mol. The molecule has 0 aromatic carbocycles. The lowest BCUT2D eigenvalue weighted by Crippen LogP contribution is -2.06. The molecule has 0 saturated heterocycles. The summed E-state index contributed by atoms with van der Waals surface area (Å²) in [6.07, 6.45) is 0. The summed E-state index contributed by atoms with van der Waals surface area (Å²) >= 11 is 0. The first-order valence-electron chi connectivity index (χ1n) is 2.64. The number of rotatable bonds is 2. The molecule has 0 radical (unpaired) electrons. The Kier molecular flexibility index (Phi) is 1.64. The Balaban J connectivity index is 2.61. The molecule has 1 rings (SSSR count). The molecule has 1 aromatic heterocycles. The average molecular weight is 127 g/mol. The summed E-state index contributed by atoms with van der Waals surface area (Å²) in [4.78, 5) is 3.85. The second kappa shape index (κ2) is 2.45. The molecule has 0 aliphatic carbocycles. The third kappa shape index (κ3) is 1.39. The minimum Gasteiger partial charge on any atom is -0.367 e. The van der Waals surface area contributed by atoms with Gasteiger partial charge in [-0.05, 0) is 7.05 Å². The van der Waals surface area contributed by atoms with E-state index in [1.807, 2.05) is 7.05 Å². The Morgan fingerprint density at radius 1 is 1.78 bits per heavy atom. The van der Waals surface area contributed by atoms with Crippen LogP contribution in [0.15, 0.2) is 0 Å². The maximum absolute atomic E-state index is 5.23. The van der Waals surface area contributed by atoms with Crippen molar-refractivity contribution >= 4 is 5.95 Å². The lowest BCUT2D eigenvalue weighted by molar-refractivity contribution is 0.763. The lowest BCUT2D eigenvalue weighted by atomic mass is 10.6. The summed E-state index contributed by atoms with van der Waals surface area (Å²) in [5.41, 5.74) is 5.23. The Morgan fingerprint density at radius 2 is 2.56 bits per heavy atom. The van der Waals surface area contributed by atoms with Crippen molar-refractivity contribution in [2.75, 3.05) is 12.8 Å². The standard InChI is InChI=1S/C4H9N5/c1-6-2-3-7-4(5)9-8-3/h6H,2H2,1H3,(H3,5,7,8,9). The summed E-state index contributed by atoms with van der Waals surface area (Å²) in [5, 5.41) is 9.20. The maximum atomic E-state index is 5.23. The summed E-state index contributed by atoms with van der Waals surface area (Å²) in [6.45, 7) is 0.671. The highest BCUT2D eigenvalue weighted by atomic mass is 15.3. The highest BCUT2D eigenvalue weighted by Crippen LogP contribution is 1.89. The lowest BCUT2D eigenvalue weighted by Gasteiger charge is -1.88. The molecule has 0 spiro atoms. The van der Waals surface area contributed by atoms with Crippen molar-refractivity contribution < 1.29 is 0 Å². The van der Waals surface area contributed by atoms with Gasteiger partial charge in [0, 0.05) is 0 Å². The van der Waals surface area contributed by atoms with Crippen LogP contribution < -0.4 is 11.1 Å². The van der Waals surface area contributed by atoms with Crippen molar-refractivity contribution in [2.45, 2.75) is 6.54 Å². The SMILES string of the molecule is CNCc1nc(N)n[nH]1. The van der Waals surface area contributed by atoms with Crippen molar-refractivity contribution in [1.82, 2.24) is 20.5 Å². The smallest absolute Gasteiger partial charge is 0.239 e. The van der Waals surface area contributed by atoms with Gasteiger partial charge in [0.05, 0.1) is 6.54 Å². The van der Waals surface area contributed by atoms with Gasteiger partial charge in [0.2, 0.25) is 5.95 Å². The van der Waals surface area contributed by atoms with Gasteiger partial charge in [0.25, 0.3) is 0 Å². The van der Waals surface area contributed by atoms with Crippen molar-refractivity contribution in [2.24, 2.45) is 0 Å². The van der Waals surface area contributed by atoms with Gasteiger partial charge in [-0.3, -0.25) is 5.10 Å². The first kappa shape index (κ1) is 6.03. The normalized spacial score (nSPS) is 9.89. The van der Waals surface area contributed by atoms with Crippen LogP contribution in [-0.4, -0.2) is 22.2 Å². The molecule has 1 aromatic rings. The van der Waals surface area contributed by atoms with E-state index in [4.69, 9.17) is 5.73 Å². The van der Waals surface area contributed by atoms with Crippen LogP contribution in [0, 0.1) is 0 Å². The number of H-pyrrole nitrogens is 1. The van der Waals surface area contributed by atoms with Crippen LogP contribution in [0.2, 0.25) is 0 Å². The zero-order chi connectivity index (χ0) is 6.69. The molecule has 0 aliphatic heterocycles. The molecule has 5 heteroatoms. The van der Waals surface area contributed by atoms with E-state index in [1.54, 1.807) is 0 Å². The Hall–Kier alpha value is -1.10. The zero-order valence-electron chi connectivity index (χ0n) is 5.18. The maximum Gasteiger partial charge on any atom is 0.239 e. The molecule has 5 nitrogen and oxygen atoms in total. The first-order valence-corrected chi connectivity index (χ1v) is 2.64. The molecule has 0 unspecified atom stereocenters. The predicted molar refractivity (Wildman–Crippen MR) is 33.6 cm³/mol. The number of nitrogen functional groups attached to an aromatic ring is 1. The predicted octanol–water partition coefficient (Wildman–Crippen LogP) is -0.894. The number of aromatic amines is 1. The summed E-state index contributed by atoms with van der Waals surface area (Å²) in [7, 11) is 1.83. The van der Waals surface area contributed by atoms with E-state index < -0.39 is 0 Å². The van der Waals surface area contributed by atoms with E-state index in [9.17, 15) is 0 Å². The monoisotopic (exact) mass is 127 g/mol. The number of nitrogens with one attached hydrogen (secondary N) is 2. The quantitative estimate of drug-likeness (QED) is 0.481. The molecule has 0 amide bonds. The topological polar surface area (TPSA) is 79.6 Å². The molecule has 0 fully saturated rings. The highest BCUT2D eigenvalue weighted by molar-refractivity contribution is 5.12. The molecule has 0 bridgehead atoms. The third-order valence-electron chi connectivity index (χ3n) is 0.893. The van der Waals surface area contributed by atoms with E-state index in [0.29, 0.717) is 12.5 Å². The van der Waals surface area contributed by atoms with Crippen LogP contribution in [0.3, 0.4) is 0 Å². The number of hydrogen-bond acceptors (Lipinski definition) is 4. The molecule has 4 N–H and O–H groups in total. The van der Waals surface area contributed by atoms with Crippen LogP contribution >= 0.6 is 0 Å². The van der Waals surface area contributed by atoms with E-state index >= 15 is 0 Å². The Morgan fingerprint density at radius 3 is 3.00 bits per heavy atom. The van der Waals surface area contributed by atoms with Gasteiger partial charge in [0.1, 0.15) is 5.82 Å². The number of anilines is 1. The van der Waals surface area contributed by atoms with E-state index in [-0.39, 0.29) is 0 Å². The number of nitrogens with two attached hydrogens (primary N) is 1. The molecule has 1 heterocycles. The van der Waals surface area contributed by atoms with E-state index in [2.05, 4.69) is 20.5 Å². The van der Waals surface area contributed by atoms with Gasteiger partial charge in [0.15, 0.2) is 0 Å². The zero-order valence-corrected chi connectivity index (χ0v) is 5.18. The fraction of sp³-hybridized carbons (Fsp3) is 0.500. The Labute approximate surface area is 52.7 Å². The summed E-state index contributed by atoms with van der Waals surface area (Å²) in [5.74, 6) is 1.05. The van der Waals surface area contributed by atoms with Crippen LogP contribution in [0.1, 0.15) is 5.82 Å². The molecule has 0 saturated carbocycles. The van der Waals surface area contributed by atoms with Crippen molar-refractivity contribution in [3.05, 3.63) is 5.82 Å². The van der Waals surface area contributed by atoms with Crippen LogP contribution in [-0.2, 0) is 6.54 Å². The fourth-order valence-corrected chi connectivity index (χ4v) is 0.557. The van der Waals surface area contributed by atoms with E-state index in [0.717, 1.165) is 5.82 Å². The first-order chi connectivity index (χ1) is 4.33. The van der Waals surface area contributed by atoms with Crippen LogP contribution in [0.25, 0.3) is 0 Å². The van der Waals surface area contributed by atoms with Gasteiger partial charge in [-0.2, -0.15) is 4.98 Å². The highest BCUT2D eigenvalue weighted by Gasteiger charge is 1.94. The van der Waals surface area contributed by atoms with Crippen LogP contribution in [0.5, 0.6) is 0 Å². The van der Waals surface area contributed by atoms with Crippen molar-refractivity contribution in [3.8, 4) is 0 Å². The molecule has 0 aliphatic rings. The number of hydrogen-bond donors (Lipinski definition) is 3. The van der Waals surface area contributed by atoms with Crippen LogP contribution in [0.4, 0.5) is 5.95 Å². The molecule has 9 heavy (non-hydrogen) atoms. The van der Waals surface area contributed by atoms with Gasteiger partial charge >= 0.3 is 0 Å². The summed E-state index contributed by atoms with van der Waals surface area (Å²) in [6, 6.07) is 0. The number of aromatic nitrogens is 3. The van der Waals surface area contributed by atoms with Gasteiger partial charge in [-0.1, -0.05) is 0 Å². The molecule has 0 atom stereocenters. The van der Waals surface area contributed by atoms with E-state index in [1.165, 1.54) is 0 Å². The third-order valence-corrected chi connectivity index (χ3v) is 0.893. The largest absolute Gasteiger partial charge is 0.367 e. The second-order valence-corrected chi connectivity index (χ2v) is 1.67. The Bertz CT molecular complexity index is 181. The molecule has 50 valence electrons. The van der Waals surface area contributed by atoms with Gasteiger partial charge < -0.3 is 11.1 Å². The minimum absolute atomic E-state index is 0.292. The summed E-state index contributed by atoms with van der Waals surface area (Å²) < 4.78 is 0. The second-order valence-electron chi connectivity index (χ2n) is 1.67. The number of nitrogens with zero attached hydrogens (tertiary/aromatic N) is 2. The molecular formula is C4H9N5. The van der Waals surface area contributed by atoms with Gasteiger partial charge in [-0.15, -0.1) is 5.10 Å².